The van der Waals surface area contributed by atoms with E-state index >= 15 is 0 Å². The molecule has 4 heteroatoms. The predicted octanol–water partition coefficient (Wildman–Crippen LogP) is 4.11. The highest BCUT2D eigenvalue weighted by Gasteiger charge is 2.04. The van der Waals surface area contributed by atoms with Crippen LogP contribution in [0.15, 0.2) is 53.9 Å². The molecule has 0 unspecified atom stereocenters. The maximum atomic E-state index is 5.82. The molecule has 0 radical (unpaired) electrons. The molecule has 1 aromatic heterocycles. The summed E-state index contributed by atoms with van der Waals surface area (Å²) in [5.41, 5.74) is 7.64. The van der Waals surface area contributed by atoms with Crippen LogP contribution in [0.5, 0.6) is 5.75 Å². The molecule has 0 amide bonds. The Hall–Kier alpha value is -1.91. The van der Waals surface area contributed by atoms with Crippen molar-refractivity contribution in [3.8, 4) is 5.75 Å². The van der Waals surface area contributed by atoms with E-state index in [1.807, 2.05) is 24.3 Å². The van der Waals surface area contributed by atoms with Crippen LogP contribution in [-0.4, -0.2) is 4.99 Å². The highest BCUT2D eigenvalue weighted by molar-refractivity contribution is 7.80. The second kappa shape index (κ2) is 5.61. The summed E-state index contributed by atoms with van der Waals surface area (Å²) >= 11 is 6.67. The number of hydrogen-bond donors (Lipinski definition) is 1. The molecule has 0 bridgehead atoms. The van der Waals surface area contributed by atoms with E-state index in [-0.39, 0.29) is 0 Å². The van der Waals surface area contributed by atoms with Crippen molar-refractivity contribution < 1.29 is 4.74 Å². The predicted molar refractivity (Wildman–Crippen MR) is 88.5 cm³/mol. The van der Waals surface area contributed by atoms with Gasteiger partial charge in [-0.05, 0) is 41.1 Å². The van der Waals surface area contributed by atoms with Crippen LogP contribution in [0.4, 0.5) is 0 Å². The number of ether oxygens (including phenoxy) is 1. The molecule has 0 atom stereocenters. The van der Waals surface area contributed by atoms with Crippen molar-refractivity contribution in [2.24, 2.45) is 5.73 Å². The summed E-state index contributed by atoms with van der Waals surface area (Å²) in [6.07, 6.45) is 0. The van der Waals surface area contributed by atoms with Gasteiger partial charge in [-0.15, -0.1) is 11.3 Å². The molecular formula is C16H13NOS2. The SMILES string of the molecule is NC(=S)c1ccc(OCc2csc3ccccc23)cc1. The number of thiocarbonyl (C=S) groups is 1. The summed E-state index contributed by atoms with van der Waals surface area (Å²) in [6.45, 7) is 0.566. The lowest BCUT2D eigenvalue weighted by atomic mass is 10.2. The molecule has 3 aromatic rings. The van der Waals surface area contributed by atoms with Gasteiger partial charge >= 0.3 is 0 Å². The van der Waals surface area contributed by atoms with Crippen LogP contribution >= 0.6 is 23.6 Å². The molecular weight excluding hydrogens is 286 g/mol. The van der Waals surface area contributed by atoms with Gasteiger partial charge in [-0.3, -0.25) is 0 Å². The van der Waals surface area contributed by atoms with E-state index < -0.39 is 0 Å². The van der Waals surface area contributed by atoms with E-state index in [9.17, 15) is 0 Å². The minimum Gasteiger partial charge on any atom is -0.489 e. The smallest absolute Gasteiger partial charge is 0.119 e. The molecule has 2 nitrogen and oxygen atoms in total. The fourth-order valence-corrected chi connectivity index (χ4v) is 3.10. The van der Waals surface area contributed by atoms with E-state index in [0.717, 1.165) is 11.3 Å². The Morgan fingerprint density at radius 3 is 2.60 bits per heavy atom. The van der Waals surface area contributed by atoms with Crippen molar-refractivity contribution in [3.63, 3.8) is 0 Å². The van der Waals surface area contributed by atoms with Crippen LogP contribution < -0.4 is 10.5 Å². The first kappa shape index (κ1) is 13.1. The second-order valence-electron chi connectivity index (χ2n) is 4.43. The zero-order valence-corrected chi connectivity index (χ0v) is 12.3. The molecule has 2 N–H and O–H groups in total. The lowest BCUT2D eigenvalue weighted by Crippen LogP contribution is -2.08. The molecule has 2 aromatic carbocycles. The average molecular weight is 299 g/mol. The van der Waals surface area contributed by atoms with Crippen LogP contribution in [0, 0.1) is 0 Å². The molecule has 0 fully saturated rings. The molecule has 0 spiro atoms. The normalized spacial score (nSPS) is 10.6. The molecule has 100 valence electrons. The van der Waals surface area contributed by atoms with Crippen LogP contribution in [0.1, 0.15) is 11.1 Å². The monoisotopic (exact) mass is 299 g/mol. The summed E-state index contributed by atoms with van der Waals surface area (Å²) in [5, 5.41) is 3.41. The average Bonchev–Trinajstić information content (AvgIpc) is 2.89. The van der Waals surface area contributed by atoms with E-state index in [0.29, 0.717) is 11.6 Å². The highest BCUT2D eigenvalue weighted by Crippen LogP contribution is 2.26. The fourth-order valence-electron chi connectivity index (χ4n) is 2.02. The van der Waals surface area contributed by atoms with Gasteiger partial charge in [0.1, 0.15) is 17.3 Å². The van der Waals surface area contributed by atoms with Crippen molar-refractivity contribution in [1.82, 2.24) is 0 Å². The zero-order valence-electron chi connectivity index (χ0n) is 10.7. The number of rotatable bonds is 4. The molecule has 0 aliphatic rings. The Bertz CT molecular complexity index is 747. The van der Waals surface area contributed by atoms with Crippen LogP contribution in [0.25, 0.3) is 10.1 Å². The summed E-state index contributed by atoms with van der Waals surface area (Å²) in [6, 6.07) is 15.9. The third-order valence-corrected chi connectivity index (χ3v) is 4.34. The van der Waals surface area contributed by atoms with Crippen LogP contribution in [0.2, 0.25) is 0 Å². The Morgan fingerprint density at radius 1 is 1.10 bits per heavy atom. The van der Waals surface area contributed by atoms with E-state index in [1.165, 1.54) is 15.6 Å². The summed E-state index contributed by atoms with van der Waals surface area (Å²) in [4.78, 5) is 0.403. The number of benzene rings is 2. The lowest BCUT2D eigenvalue weighted by Gasteiger charge is -2.06. The quantitative estimate of drug-likeness (QED) is 0.736. The number of fused-ring (bicyclic) bond motifs is 1. The van der Waals surface area contributed by atoms with Gasteiger partial charge in [0.25, 0.3) is 0 Å². The van der Waals surface area contributed by atoms with Crippen LogP contribution in [0.3, 0.4) is 0 Å². The minimum absolute atomic E-state index is 0.403. The van der Waals surface area contributed by atoms with Crippen molar-refractivity contribution in [2.45, 2.75) is 6.61 Å². The summed E-state index contributed by atoms with van der Waals surface area (Å²) in [5.74, 6) is 0.820. The Balaban J connectivity index is 1.74. The van der Waals surface area contributed by atoms with Gasteiger partial charge in [-0.25, -0.2) is 0 Å². The first-order valence-corrected chi connectivity index (χ1v) is 7.50. The first-order chi connectivity index (χ1) is 9.74. The maximum absolute atomic E-state index is 5.82. The van der Waals surface area contributed by atoms with Crippen molar-refractivity contribution in [1.29, 1.82) is 0 Å². The molecule has 0 saturated carbocycles. The van der Waals surface area contributed by atoms with E-state index in [1.54, 1.807) is 11.3 Å². The molecule has 0 aliphatic heterocycles. The van der Waals surface area contributed by atoms with Gasteiger partial charge in [0.05, 0.1) is 0 Å². The maximum Gasteiger partial charge on any atom is 0.119 e. The fraction of sp³-hybridized carbons (Fsp3) is 0.0625. The Morgan fingerprint density at radius 2 is 1.85 bits per heavy atom. The van der Waals surface area contributed by atoms with Gasteiger partial charge in [-0.1, -0.05) is 30.4 Å². The molecule has 3 rings (SSSR count). The van der Waals surface area contributed by atoms with Crippen LogP contribution in [-0.2, 0) is 6.61 Å². The van der Waals surface area contributed by atoms with Gasteiger partial charge in [0.15, 0.2) is 0 Å². The van der Waals surface area contributed by atoms with Crippen molar-refractivity contribution in [2.75, 3.05) is 0 Å². The Labute approximate surface area is 126 Å². The summed E-state index contributed by atoms with van der Waals surface area (Å²) < 4.78 is 7.10. The standard InChI is InChI=1S/C16H13NOS2/c17-16(19)11-5-7-13(8-6-11)18-9-12-10-20-15-4-2-1-3-14(12)15/h1-8,10H,9H2,(H2,17,19). The zero-order chi connectivity index (χ0) is 13.9. The first-order valence-electron chi connectivity index (χ1n) is 6.22. The number of nitrogens with two attached hydrogens (primary N) is 1. The third-order valence-electron chi connectivity index (χ3n) is 3.09. The van der Waals surface area contributed by atoms with Crippen molar-refractivity contribution in [3.05, 3.63) is 65.0 Å². The Kier molecular flexibility index (Phi) is 3.67. The molecule has 1 heterocycles. The molecule has 0 saturated heterocycles. The topological polar surface area (TPSA) is 35.2 Å². The van der Waals surface area contributed by atoms with E-state index in [2.05, 4.69) is 29.6 Å². The van der Waals surface area contributed by atoms with E-state index in [4.69, 9.17) is 22.7 Å². The lowest BCUT2D eigenvalue weighted by molar-refractivity contribution is 0.308. The highest BCUT2D eigenvalue weighted by atomic mass is 32.1. The second-order valence-corrected chi connectivity index (χ2v) is 5.79. The van der Waals surface area contributed by atoms with Gasteiger partial charge in [-0.2, -0.15) is 0 Å². The van der Waals surface area contributed by atoms with Gasteiger partial charge < -0.3 is 10.5 Å². The number of thiophene rings is 1. The van der Waals surface area contributed by atoms with Gasteiger partial charge in [0.2, 0.25) is 0 Å². The third kappa shape index (κ3) is 2.66. The largest absolute Gasteiger partial charge is 0.489 e. The summed E-state index contributed by atoms with van der Waals surface area (Å²) in [7, 11) is 0. The van der Waals surface area contributed by atoms with Crippen molar-refractivity contribution >= 4 is 38.6 Å². The minimum atomic E-state index is 0.403. The molecule has 20 heavy (non-hydrogen) atoms. The molecule has 0 aliphatic carbocycles. The number of hydrogen-bond acceptors (Lipinski definition) is 3. The van der Waals surface area contributed by atoms with Gasteiger partial charge in [0, 0.05) is 15.8 Å².